The first-order chi connectivity index (χ1) is 6.98. The van der Waals surface area contributed by atoms with Crippen molar-refractivity contribution in [2.24, 2.45) is 11.1 Å². The van der Waals surface area contributed by atoms with E-state index in [1.54, 1.807) is 12.1 Å². The average molecular weight is 209 g/mol. The van der Waals surface area contributed by atoms with Gasteiger partial charge in [0.15, 0.2) is 0 Å². The minimum atomic E-state index is -0.222. The lowest BCUT2D eigenvalue weighted by molar-refractivity contribution is 0.410. The summed E-state index contributed by atoms with van der Waals surface area (Å²) in [6.07, 6.45) is 0. The second-order valence-corrected chi connectivity index (χ2v) is 4.71. The lowest BCUT2D eigenvalue weighted by Gasteiger charge is -2.06. The molecule has 1 saturated carbocycles. The van der Waals surface area contributed by atoms with E-state index in [1.165, 1.54) is 13.2 Å². The molecule has 0 aliphatic heterocycles. The van der Waals surface area contributed by atoms with Gasteiger partial charge in [0.1, 0.15) is 11.6 Å². The summed E-state index contributed by atoms with van der Waals surface area (Å²) < 4.78 is 18.7. The molecule has 0 bridgehead atoms. The molecule has 15 heavy (non-hydrogen) atoms. The molecular formula is C12H16FNO. The van der Waals surface area contributed by atoms with Gasteiger partial charge in [0.2, 0.25) is 0 Å². The van der Waals surface area contributed by atoms with E-state index in [-0.39, 0.29) is 23.2 Å². The molecular weight excluding hydrogens is 193 g/mol. The molecule has 1 aliphatic rings. The number of rotatable bonds is 2. The first kappa shape index (κ1) is 10.4. The van der Waals surface area contributed by atoms with Gasteiger partial charge in [-0.25, -0.2) is 4.39 Å². The van der Waals surface area contributed by atoms with Crippen molar-refractivity contribution < 1.29 is 9.13 Å². The third-order valence-electron chi connectivity index (χ3n) is 3.45. The summed E-state index contributed by atoms with van der Waals surface area (Å²) in [4.78, 5) is 0. The molecule has 0 spiro atoms. The highest BCUT2D eigenvalue weighted by atomic mass is 19.1. The van der Waals surface area contributed by atoms with Crippen LogP contribution in [0.3, 0.4) is 0 Å². The van der Waals surface area contributed by atoms with Gasteiger partial charge in [0.25, 0.3) is 0 Å². The van der Waals surface area contributed by atoms with Gasteiger partial charge in [-0.05, 0) is 17.0 Å². The second-order valence-electron chi connectivity index (χ2n) is 4.71. The van der Waals surface area contributed by atoms with Gasteiger partial charge in [-0.3, -0.25) is 0 Å². The van der Waals surface area contributed by atoms with Crippen LogP contribution in [0.1, 0.15) is 25.3 Å². The van der Waals surface area contributed by atoms with Gasteiger partial charge >= 0.3 is 0 Å². The summed E-state index contributed by atoms with van der Waals surface area (Å²) in [5.41, 5.74) is 6.63. The number of halogens is 1. The summed E-state index contributed by atoms with van der Waals surface area (Å²) in [7, 11) is 1.53. The molecule has 1 aromatic carbocycles. The monoisotopic (exact) mass is 209 g/mol. The Labute approximate surface area is 89.2 Å². The quantitative estimate of drug-likeness (QED) is 0.811. The molecule has 0 amide bonds. The lowest BCUT2D eigenvalue weighted by Crippen LogP contribution is -2.06. The molecule has 2 rings (SSSR count). The fraction of sp³-hybridized carbons (Fsp3) is 0.500. The summed E-state index contributed by atoms with van der Waals surface area (Å²) in [6.45, 7) is 4.12. The zero-order valence-corrected chi connectivity index (χ0v) is 9.25. The normalized spacial score (nSPS) is 27.5. The van der Waals surface area contributed by atoms with Crippen molar-refractivity contribution in [3.05, 3.63) is 29.6 Å². The van der Waals surface area contributed by atoms with Gasteiger partial charge in [0.05, 0.1) is 7.11 Å². The van der Waals surface area contributed by atoms with Crippen LogP contribution >= 0.6 is 0 Å². The van der Waals surface area contributed by atoms with Gasteiger partial charge in [-0.1, -0.05) is 19.9 Å². The largest absolute Gasteiger partial charge is 0.497 e. The van der Waals surface area contributed by atoms with Crippen LogP contribution in [0, 0.1) is 11.2 Å². The summed E-state index contributed by atoms with van der Waals surface area (Å²) in [5.74, 6) is 0.451. The predicted molar refractivity (Wildman–Crippen MR) is 57.4 cm³/mol. The van der Waals surface area contributed by atoms with Gasteiger partial charge in [0, 0.05) is 18.0 Å². The Kier molecular flexibility index (Phi) is 2.23. The maximum atomic E-state index is 13.7. The summed E-state index contributed by atoms with van der Waals surface area (Å²) in [6, 6.07) is 5.02. The molecule has 82 valence electrons. The van der Waals surface area contributed by atoms with Crippen molar-refractivity contribution in [2.75, 3.05) is 7.11 Å². The first-order valence-corrected chi connectivity index (χ1v) is 5.07. The Hall–Kier alpha value is -1.09. The van der Waals surface area contributed by atoms with Crippen molar-refractivity contribution in [2.45, 2.75) is 25.8 Å². The number of methoxy groups -OCH3 is 1. The van der Waals surface area contributed by atoms with Gasteiger partial charge in [-0.2, -0.15) is 0 Å². The van der Waals surface area contributed by atoms with Crippen molar-refractivity contribution >= 4 is 0 Å². The van der Waals surface area contributed by atoms with Crippen LogP contribution in [0.15, 0.2) is 18.2 Å². The van der Waals surface area contributed by atoms with Crippen molar-refractivity contribution in [1.29, 1.82) is 0 Å². The van der Waals surface area contributed by atoms with E-state index in [0.717, 1.165) is 0 Å². The van der Waals surface area contributed by atoms with E-state index in [2.05, 4.69) is 13.8 Å². The fourth-order valence-corrected chi connectivity index (χ4v) is 2.16. The van der Waals surface area contributed by atoms with E-state index < -0.39 is 0 Å². The third-order valence-corrected chi connectivity index (χ3v) is 3.45. The smallest absolute Gasteiger partial charge is 0.130 e. The van der Waals surface area contributed by atoms with E-state index in [9.17, 15) is 4.39 Å². The molecule has 3 heteroatoms. The molecule has 0 saturated heterocycles. The number of ether oxygens (including phenoxy) is 1. The van der Waals surface area contributed by atoms with E-state index in [0.29, 0.717) is 11.3 Å². The predicted octanol–water partition coefficient (Wildman–Crippen LogP) is 2.29. The highest BCUT2D eigenvalue weighted by Crippen LogP contribution is 2.57. The minimum Gasteiger partial charge on any atom is -0.497 e. The maximum Gasteiger partial charge on any atom is 0.130 e. The Bertz CT molecular complexity index is 389. The molecule has 0 aromatic heterocycles. The van der Waals surface area contributed by atoms with Crippen LogP contribution in [0.25, 0.3) is 0 Å². The topological polar surface area (TPSA) is 35.2 Å². The first-order valence-electron chi connectivity index (χ1n) is 5.07. The highest BCUT2D eigenvalue weighted by molar-refractivity contribution is 5.38. The Morgan fingerprint density at radius 2 is 2.00 bits per heavy atom. The van der Waals surface area contributed by atoms with Crippen molar-refractivity contribution in [1.82, 2.24) is 0 Å². The van der Waals surface area contributed by atoms with Crippen LogP contribution < -0.4 is 10.5 Å². The zero-order valence-electron chi connectivity index (χ0n) is 9.25. The molecule has 1 aromatic rings. The molecule has 2 unspecified atom stereocenters. The van der Waals surface area contributed by atoms with E-state index in [1.807, 2.05) is 0 Å². The molecule has 1 aliphatic carbocycles. The Morgan fingerprint density at radius 1 is 1.40 bits per heavy atom. The number of hydrogen-bond acceptors (Lipinski definition) is 2. The summed E-state index contributed by atoms with van der Waals surface area (Å²) in [5, 5.41) is 0. The molecule has 0 radical (unpaired) electrons. The Morgan fingerprint density at radius 3 is 2.40 bits per heavy atom. The summed E-state index contributed by atoms with van der Waals surface area (Å²) >= 11 is 0. The van der Waals surface area contributed by atoms with Gasteiger partial charge in [-0.15, -0.1) is 0 Å². The zero-order chi connectivity index (χ0) is 11.2. The third kappa shape index (κ3) is 1.51. The van der Waals surface area contributed by atoms with Crippen molar-refractivity contribution in [3.8, 4) is 5.75 Å². The van der Waals surface area contributed by atoms with Crippen LogP contribution in [-0.2, 0) is 0 Å². The maximum absolute atomic E-state index is 13.7. The van der Waals surface area contributed by atoms with Crippen LogP contribution in [0.4, 0.5) is 4.39 Å². The fourth-order valence-electron chi connectivity index (χ4n) is 2.16. The second kappa shape index (κ2) is 3.20. The Balaban J connectivity index is 2.32. The van der Waals surface area contributed by atoms with E-state index >= 15 is 0 Å². The number of benzene rings is 1. The lowest BCUT2D eigenvalue weighted by atomic mass is 10.0. The van der Waals surface area contributed by atoms with Crippen LogP contribution in [-0.4, -0.2) is 13.2 Å². The van der Waals surface area contributed by atoms with Crippen LogP contribution in [0.5, 0.6) is 5.75 Å². The molecule has 2 atom stereocenters. The SMILES string of the molecule is COc1ccc(C2C(N)C2(C)C)c(F)c1. The van der Waals surface area contributed by atoms with Gasteiger partial charge < -0.3 is 10.5 Å². The molecule has 2 nitrogen and oxygen atoms in total. The molecule has 0 heterocycles. The highest BCUT2D eigenvalue weighted by Gasteiger charge is 2.56. The molecule has 1 fully saturated rings. The average Bonchev–Trinajstić information content (AvgIpc) is 2.67. The number of hydrogen-bond donors (Lipinski definition) is 1. The molecule has 2 N–H and O–H groups in total. The van der Waals surface area contributed by atoms with Crippen LogP contribution in [0.2, 0.25) is 0 Å². The number of nitrogens with two attached hydrogens (primary N) is 1. The van der Waals surface area contributed by atoms with E-state index in [4.69, 9.17) is 10.5 Å². The standard InChI is InChI=1S/C12H16FNO/c1-12(2)10(11(12)14)8-5-4-7(15-3)6-9(8)13/h4-6,10-11H,14H2,1-3H3. The van der Waals surface area contributed by atoms with Crippen molar-refractivity contribution in [3.63, 3.8) is 0 Å². The minimum absolute atomic E-state index is 0.00935.